The van der Waals surface area contributed by atoms with Crippen LogP contribution >= 0.6 is 0 Å². The molecule has 0 spiro atoms. The van der Waals surface area contributed by atoms with Gasteiger partial charge in [0.05, 0.1) is 4.90 Å². The Morgan fingerprint density at radius 1 is 0.543 bits per heavy atom. The van der Waals surface area contributed by atoms with E-state index < -0.39 is 102 Å². The summed E-state index contributed by atoms with van der Waals surface area (Å²) in [5.74, 6) is -52.1. The molecule has 0 aliphatic carbocycles. The molecular weight excluding hydrogens is 731 g/mol. The van der Waals surface area contributed by atoms with Gasteiger partial charge in [0.1, 0.15) is 0 Å². The summed E-state index contributed by atoms with van der Waals surface area (Å²) >= 11 is 0. The Morgan fingerprint density at radius 2 is 0.891 bits per heavy atom. The third-order valence-corrected chi connectivity index (χ3v) is 10.5. The van der Waals surface area contributed by atoms with E-state index in [0.29, 0.717) is 22.7 Å². The second kappa shape index (κ2) is 11.8. The number of benzene rings is 1. The molecule has 1 saturated heterocycles. The predicted molar refractivity (Wildman–Crippen MR) is 120 cm³/mol. The van der Waals surface area contributed by atoms with E-state index in [1.54, 1.807) is 6.92 Å². The number of rotatable bonds is 12. The third kappa shape index (κ3) is 5.68. The minimum atomic E-state index is -8.93. The molecule has 0 saturated carbocycles. The van der Waals surface area contributed by atoms with Crippen molar-refractivity contribution < 1.29 is 91.5 Å². The van der Waals surface area contributed by atoms with Gasteiger partial charge in [0, 0.05) is 26.2 Å². The molecule has 0 amide bonds. The van der Waals surface area contributed by atoms with E-state index in [-0.39, 0.29) is 0 Å². The Labute approximate surface area is 248 Å². The summed E-state index contributed by atoms with van der Waals surface area (Å²) in [5, 5.41) is -7.69. The fourth-order valence-corrected chi connectivity index (χ4v) is 6.73. The molecule has 1 aliphatic rings. The second-order valence-corrected chi connectivity index (χ2v) is 13.6. The van der Waals surface area contributed by atoms with Gasteiger partial charge in [-0.2, -0.15) is 83.2 Å². The highest BCUT2D eigenvalue weighted by atomic mass is 32.2. The largest absolute Gasteiger partial charge is 0.460 e. The Kier molecular flexibility index (Phi) is 10.2. The van der Waals surface area contributed by atoms with Crippen LogP contribution in [0.2, 0.25) is 0 Å². The Bertz CT molecular complexity index is 1470. The maximum Gasteiger partial charge on any atom is 0.460 e. The van der Waals surface area contributed by atoms with Gasteiger partial charge in [-0.3, -0.25) is 0 Å². The maximum absolute atomic E-state index is 14.5. The number of aryl methyl sites for hydroxylation is 1. The number of halogens is 17. The quantitative estimate of drug-likeness (QED) is 0.237. The molecule has 2 rings (SSSR count). The molecule has 1 aromatic rings. The van der Waals surface area contributed by atoms with Gasteiger partial charge in [0.25, 0.3) is 10.0 Å². The van der Waals surface area contributed by atoms with E-state index in [9.17, 15) is 91.5 Å². The van der Waals surface area contributed by atoms with Crippen molar-refractivity contribution in [2.75, 3.05) is 26.2 Å². The molecule has 1 fully saturated rings. The fourth-order valence-electron chi connectivity index (χ4n) is 3.89. The highest BCUT2D eigenvalue weighted by Gasteiger charge is 2.96. The van der Waals surface area contributed by atoms with Gasteiger partial charge in [-0.05, 0) is 24.1 Å². The van der Waals surface area contributed by atoms with E-state index in [1.807, 2.05) is 0 Å². The Morgan fingerprint density at radius 3 is 1.26 bits per heavy atom. The molecule has 1 heterocycles. The van der Waals surface area contributed by atoms with E-state index in [1.165, 1.54) is 12.1 Å². The lowest BCUT2D eigenvalue weighted by molar-refractivity contribution is -0.458. The second-order valence-electron chi connectivity index (χ2n) is 9.66. The van der Waals surface area contributed by atoms with Gasteiger partial charge in [-0.25, -0.2) is 16.8 Å². The van der Waals surface area contributed by atoms with E-state index in [2.05, 4.69) is 0 Å². The zero-order valence-electron chi connectivity index (χ0n) is 22.3. The number of nitrogens with zero attached hydrogens (tertiary/aromatic N) is 2. The molecule has 0 aromatic heterocycles. The molecule has 0 bridgehead atoms. The van der Waals surface area contributed by atoms with Gasteiger partial charge in [-0.15, -0.1) is 0 Å². The van der Waals surface area contributed by atoms with Crippen LogP contribution in [-0.2, 0) is 26.5 Å². The van der Waals surface area contributed by atoms with Crippen LogP contribution < -0.4 is 0 Å². The van der Waals surface area contributed by atoms with Gasteiger partial charge in [0.15, 0.2) is 0 Å². The first-order chi connectivity index (χ1) is 20.2. The minimum Gasteiger partial charge on any atom is -0.207 e. The van der Waals surface area contributed by atoms with Crippen LogP contribution in [-0.4, -0.2) is 98.6 Å². The van der Waals surface area contributed by atoms with E-state index in [0.717, 1.165) is 12.1 Å². The first kappa shape index (κ1) is 40.0. The van der Waals surface area contributed by atoms with Gasteiger partial charge in [0.2, 0.25) is 10.0 Å². The lowest BCUT2D eigenvalue weighted by atomic mass is 9.91. The van der Waals surface area contributed by atoms with Crippen molar-refractivity contribution >= 4 is 20.0 Å². The predicted octanol–water partition coefficient (Wildman–Crippen LogP) is 6.24. The van der Waals surface area contributed by atoms with Crippen LogP contribution in [0.3, 0.4) is 0 Å². The molecule has 0 radical (unpaired) electrons. The molecule has 1 aromatic carbocycles. The smallest absolute Gasteiger partial charge is 0.207 e. The number of hydrogen-bond donors (Lipinski definition) is 0. The summed E-state index contributed by atoms with van der Waals surface area (Å²) < 4.78 is 280. The highest BCUT2D eigenvalue weighted by molar-refractivity contribution is 7.90. The standard InChI is InChI=1S/C21H19F17N2O4S2/c1-2-3-12-4-6-13(7-5-12)45(41,42)39-8-10-40(11-9-39)46(43,44)21(37,38)19(32,33)17(28,29)15(24,25)14(22,23)16(26,27)18(30,31)20(34,35)36/h4-7H,2-3,8-11H2,1H3. The van der Waals surface area contributed by atoms with Crippen LogP contribution in [0.15, 0.2) is 29.2 Å². The summed E-state index contributed by atoms with van der Waals surface area (Å²) in [6, 6.07) is 4.87. The van der Waals surface area contributed by atoms with Crippen molar-refractivity contribution in [3.63, 3.8) is 0 Å². The van der Waals surface area contributed by atoms with E-state index in [4.69, 9.17) is 0 Å². The molecule has 46 heavy (non-hydrogen) atoms. The summed E-state index contributed by atoms with van der Waals surface area (Å²) in [6.45, 7) is -3.80. The van der Waals surface area contributed by atoms with Crippen molar-refractivity contribution in [3.8, 4) is 0 Å². The summed E-state index contributed by atoms with van der Waals surface area (Å²) in [5.41, 5.74) is 0.665. The molecule has 25 heteroatoms. The van der Waals surface area contributed by atoms with Crippen LogP contribution in [0.25, 0.3) is 0 Å². The SMILES string of the molecule is CCCc1ccc(S(=O)(=O)N2CCN(S(=O)(=O)C(F)(F)C(F)(F)C(F)(F)C(F)(F)C(F)(F)C(F)(F)C(F)(F)C(F)(F)F)CC2)cc1. The van der Waals surface area contributed by atoms with Crippen LogP contribution in [0, 0.1) is 0 Å². The van der Waals surface area contributed by atoms with Gasteiger partial charge in [-0.1, -0.05) is 25.5 Å². The topological polar surface area (TPSA) is 74.8 Å². The first-order valence-corrected chi connectivity index (χ1v) is 14.9. The summed E-state index contributed by atoms with van der Waals surface area (Å²) in [4.78, 5) is -0.448. The fraction of sp³-hybridized carbons (Fsp3) is 0.714. The lowest BCUT2D eigenvalue weighted by Gasteiger charge is -2.43. The van der Waals surface area contributed by atoms with Crippen LogP contribution in [0.5, 0.6) is 0 Å². The Balaban J connectivity index is 2.44. The third-order valence-electron chi connectivity index (χ3n) is 6.65. The molecule has 6 nitrogen and oxygen atoms in total. The van der Waals surface area contributed by atoms with Crippen molar-refractivity contribution in [1.29, 1.82) is 0 Å². The molecule has 0 atom stereocenters. The minimum absolute atomic E-state index is 0.385. The number of hydrogen-bond acceptors (Lipinski definition) is 4. The van der Waals surface area contributed by atoms with Gasteiger partial charge >= 0.3 is 47.0 Å². The number of piperazine rings is 1. The summed E-state index contributed by atoms with van der Waals surface area (Å²) in [6.07, 6.45) is -6.76. The molecule has 0 unspecified atom stereocenters. The van der Waals surface area contributed by atoms with Crippen molar-refractivity contribution in [2.24, 2.45) is 0 Å². The van der Waals surface area contributed by atoms with Crippen molar-refractivity contribution in [2.45, 2.75) is 71.6 Å². The summed E-state index contributed by atoms with van der Waals surface area (Å²) in [7, 11) is -12.0. The molecule has 0 N–H and O–H groups in total. The molecular formula is C21H19F17N2O4S2. The van der Waals surface area contributed by atoms with Gasteiger partial charge < -0.3 is 0 Å². The van der Waals surface area contributed by atoms with Crippen LogP contribution in [0.1, 0.15) is 18.9 Å². The number of alkyl halides is 17. The van der Waals surface area contributed by atoms with Crippen LogP contribution in [0.4, 0.5) is 74.6 Å². The lowest BCUT2D eigenvalue weighted by Crippen LogP contribution is -2.75. The molecule has 1 aliphatic heterocycles. The average molecular weight is 750 g/mol. The van der Waals surface area contributed by atoms with Crippen molar-refractivity contribution in [3.05, 3.63) is 29.8 Å². The zero-order valence-corrected chi connectivity index (χ0v) is 24.0. The monoisotopic (exact) mass is 750 g/mol. The zero-order chi connectivity index (χ0) is 36.4. The highest BCUT2D eigenvalue weighted by Crippen LogP contribution is 2.64. The van der Waals surface area contributed by atoms with Crippen molar-refractivity contribution in [1.82, 2.24) is 8.61 Å². The normalized spacial score (nSPS) is 18.2. The van der Waals surface area contributed by atoms with E-state index >= 15 is 0 Å². The average Bonchev–Trinajstić information content (AvgIpc) is 2.92. The molecule has 268 valence electrons. The number of sulfonamides is 2. The Hall–Kier alpha value is -2.15. The maximum atomic E-state index is 14.5. The first-order valence-electron chi connectivity index (χ1n) is 12.0.